The predicted molar refractivity (Wildman–Crippen MR) is 107 cm³/mol. The van der Waals surface area contributed by atoms with Crippen molar-refractivity contribution < 1.29 is 4.79 Å². The Morgan fingerprint density at radius 1 is 1.18 bits per heavy atom. The average Bonchev–Trinajstić information content (AvgIpc) is 3.40. The third-order valence-electron chi connectivity index (χ3n) is 5.81. The molecule has 0 spiro atoms. The molecule has 0 N–H and O–H groups in total. The van der Waals surface area contributed by atoms with Gasteiger partial charge in [0.25, 0.3) is 0 Å². The summed E-state index contributed by atoms with van der Waals surface area (Å²) in [7, 11) is 0. The average molecular weight is 383 g/mol. The monoisotopic (exact) mass is 382 g/mol. The lowest BCUT2D eigenvalue weighted by molar-refractivity contribution is -0.131. The fraction of sp³-hybridized carbons (Fsp3) is 0.619. The van der Waals surface area contributed by atoms with E-state index in [0.717, 1.165) is 69.2 Å². The van der Waals surface area contributed by atoms with Crippen LogP contribution in [0.25, 0.3) is 5.82 Å². The largest absolute Gasteiger partial charge is 0.342 e. The molecule has 4 heterocycles. The first-order valence-electron chi connectivity index (χ1n) is 10.5. The number of nitrogens with zero attached hydrogens (tertiary/aromatic N) is 6. The number of likely N-dealkylation sites (tertiary alicyclic amines) is 2. The lowest BCUT2D eigenvalue weighted by Crippen LogP contribution is -2.43. The van der Waals surface area contributed by atoms with Gasteiger partial charge in [0.2, 0.25) is 5.91 Å². The van der Waals surface area contributed by atoms with Gasteiger partial charge in [0.05, 0.1) is 18.4 Å². The normalized spacial score (nSPS) is 20.8. The van der Waals surface area contributed by atoms with Gasteiger partial charge in [-0.15, -0.1) is 0 Å². The Kier molecular flexibility index (Phi) is 5.71. The summed E-state index contributed by atoms with van der Waals surface area (Å²) in [4.78, 5) is 30.6. The van der Waals surface area contributed by atoms with Crippen molar-refractivity contribution in [3.05, 3.63) is 36.3 Å². The zero-order valence-corrected chi connectivity index (χ0v) is 16.9. The second-order valence-corrected chi connectivity index (χ2v) is 8.27. The highest BCUT2D eigenvalue weighted by Gasteiger charge is 2.27. The number of rotatable bonds is 5. The van der Waals surface area contributed by atoms with Gasteiger partial charge < -0.3 is 4.90 Å². The molecule has 2 aromatic rings. The van der Waals surface area contributed by atoms with Crippen molar-refractivity contribution in [3.8, 4) is 5.82 Å². The van der Waals surface area contributed by atoms with Crippen molar-refractivity contribution in [2.75, 3.05) is 32.7 Å². The van der Waals surface area contributed by atoms with E-state index < -0.39 is 0 Å². The predicted octanol–water partition coefficient (Wildman–Crippen LogP) is 2.59. The number of carbonyl (C=O) groups excluding carboxylic acids is 1. The standard InChI is InChI=1S/C21H30N6O/c1-16(2)21-23-7-11-27(21)19-13-22-12-18(24-19)17-6-5-8-25(14-17)15-20(28)26-9-3-4-10-26/h7,11-13,16-17H,3-6,8-10,14-15H2,1-2H3. The van der Waals surface area contributed by atoms with Gasteiger partial charge >= 0.3 is 0 Å². The van der Waals surface area contributed by atoms with Gasteiger partial charge in [0, 0.05) is 50.1 Å². The maximum Gasteiger partial charge on any atom is 0.236 e. The molecule has 2 aliphatic heterocycles. The molecule has 2 aromatic heterocycles. The Balaban J connectivity index is 1.46. The molecule has 2 fully saturated rings. The molecule has 28 heavy (non-hydrogen) atoms. The Bertz CT molecular complexity index is 811. The van der Waals surface area contributed by atoms with E-state index in [1.54, 1.807) is 6.20 Å². The van der Waals surface area contributed by atoms with Gasteiger partial charge in [0.15, 0.2) is 5.82 Å². The van der Waals surface area contributed by atoms with Gasteiger partial charge in [0.1, 0.15) is 5.82 Å². The van der Waals surface area contributed by atoms with Crippen LogP contribution in [-0.4, -0.2) is 67.9 Å². The van der Waals surface area contributed by atoms with E-state index in [-0.39, 0.29) is 5.91 Å². The molecule has 0 radical (unpaired) electrons. The van der Waals surface area contributed by atoms with Crippen LogP contribution in [0.3, 0.4) is 0 Å². The van der Waals surface area contributed by atoms with Crippen LogP contribution in [0, 0.1) is 0 Å². The topological polar surface area (TPSA) is 67.2 Å². The van der Waals surface area contributed by atoms with Crippen LogP contribution in [-0.2, 0) is 4.79 Å². The zero-order chi connectivity index (χ0) is 19.5. The van der Waals surface area contributed by atoms with Gasteiger partial charge in [-0.05, 0) is 32.2 Å². The van der Waals surface area contributed by atoms with Crippen molar-refractivity contribution in [1.29, 1.82) is 0 Å². The minimum Gasteiger partial charge on any atom is -0.342 e. The van der Waals surface area contributed by atoms with E-state index in [9.17, 15) is 4.79 Å². The molecule has 0 bridgehead atoms. The summed E-state index contributed by atoms with van der Waals surface area (Å²) in [6.07, 6.45) is 11.9. The summed E-state index contributed by atoms with van der Waals surface area (Å²) in [5.41, 5.74) is 1.01. The quantitative estimate of drug-likeness (QED) is 0.795. The SMILES string of the molecule is CC(C)c1nccn1-c1cncc(C2CCCN(CC(=O)N3CCCC3)C2)n1. The molecule has 2 saturated heterocycles. The van der Waals surface area contributed by atoms with E-state index >= 15 is 0 Å². The number of imidazole rings is 1. The van der Waals surface area contributed by atoms with Crippen molar-refractivity contribution >= 4 is 5.91 Å². The van der Waals surface area contributed by atoms with Gasteiger partial charge in [-0.1, -0.05) is 13.8 Å². The van der Waals surface area contributed by atoms with Crippen molar-refractivity contribution in [2.45, 2.75) is 51.4 Å². The lowest BCUT2D eigenvalue weighted by Gasteiger charge is -2.33. The molecule has 1 atom stereocenters. The maximum atomic E-state index is 12.5. The fourth-order valence-corrected chi connectivity index (χ4v) is 4.32. The molecule has 7 nitrogen and oxygen atoms in total. The van der Waals surface area contributed by atoms with Crippen LogP contribution in [0.15, 0.2) is 24.8 Å². The van der Waals surface area contributed by atoms with Crippen LogP contribution >= 0.6 is 0 Å². The molecule has 7 heteroatoms. The van der Waals surface area contributed by atoms with E-state index in [0.29, 0.717) is 18.4 Å². The highest BCUT2D eigenvalue weighted by molar-refractivity contribution is 5.78. The highest BCUT2D eigenvalue weighted by atomic mass is 16.2. The first kappa shape index (κ1) is 19.1. The van der Waals surface area contributed by atoms with E-state index in [2.05, 4.69) is 28.7 Å². The molecular weight excluding hydrogens is 352 g/mol. The van der Waals surface area contributed by atoms with Gasteiger partial charge in [-0.25, -0.2) is 9.97 Å². The number of aromatic nitrogens is 4. The summed E-state index contributed by atoms with van der Waals surface area (Å²) in [6, 6.07) is 0. The van der Waals surface area contributed by atoms with Crippen LogP contribution < -0.4 is 0 Å². The number of carbonyl (C=O) groups is 1. The maximum absolute atomic E-state index is 12.5. The first-order chi connectivity index (χ1) is 13.6. The second-order valence-electron chi connectivity index (χ2n) is 8.27. The molecule has 1 amide bonds. The molecule has 0 saturated carbocycles. The summed E-state index contributed by atoms with van der Waals surface area (Å²) >= 11 is 0. The molecule has 0 aliphatic carbocycles. The van der Waals surface area contributed by atoms with E-state index in [4.69, 9.17) is 4.98 Å². The number of hydrogen-bond acceptors (Lipinski definition) is 5. The van der Waals surface area contributed by atoms with Crippen molar-refractivity contribution in [3.63, 3.8) is 0 Å². The lowest BCUT2D eigenvalue weighted by atomic mass is 9.95. The molecule has 1 unspecified atom stereocenters. The third kappa shape index (κ3) is 4.09. The van der Waals surface area contributed by atoms with Crippen LogP contribution in [0.2, 0.25) is 0 Å². The highest BCUT2D eigenvalue weighted by Crippen LogP contribution is 2.26. The molecule has 150 valence electrons. The molecular formula is C21H30N6O. The van der Waals surface area contributed by atoms with E-state index in [1.165, 1.54) is 0 Å². The van der Waals surface area contributed by atoms with Crippen LogP contribution in [0.5, 0.6) is 0 Å². The van der Waals surface area contributed by atoms with Gasteiger partial charge in [-0.2, -0.15) is 0 Å². The second kappa shape index (κ2) is 8.39. The van der Waals surface area contributed by atoms with Gasteiger partial charge in [-0.3, -0.25) is 19.2 Å². The summed E-state index contributed by atoms with van der Waals surface area (Å²) in [6.45, 7) is 8.50. The van der Waals surface area contributed by atoms with Crippen molar-refractivity contribution in [2.24, 2.45) is 0 Å². The Labute approximate surface area is 166 Å². The van der Waals surface area contributed by atoms with E-state index in [1.807, 2.05) is 28.1 Å². The Hall–Kier alpha value is -2.28. The van der Waals surface area contributed by atoms with Crippen LogP contribution in [0.1, 0.15) is 62.9 Å². The Morgan fingerprint density at radius 2 is 2.00 bits per heavy atom. The van der Waals surface area contributed by atoms with Crippen molar-refractivity contribution in [1.82, 2.24) is 29.3 Å². The summed E-state index contributed by atoms with van der Waals surface area (Å²) in [5.74, 6) is 2.73. The molecule has 2 aliphatic rings. The third-order valence-corrected chi connectivity index (χ3v) is 5.81. The minimum atomic E-state index is 0.276. The summed E-state index contributed by atoms with van der Waals surface area (Å²) < 4.78 is 2.03. The number of hydrogen-bond donors (Lipinski definition) is 0. The van der Waals surface area contributed by atoms with Crippen LogP contribution in [0.4, 0.5) is 0 Å². The first-order valence-corrected chi connectivity index (χ1v) is 10.5. The number of amides is 1. The Morgan fingerprint density at radius 3 is 2.79 bits per heavy atom. The zero-order valence-electron chi connectivity index (χ0n) is 16.9. The number of piperidine rings is 1. The molecule has 4 rings (SSSR count). The minimum absolute atomic E-state index is 0.276. The fourth-order valence-electron chi connectivity index (χ4n) is 4.32. The summed E-state index contributed by atoms with van der Waals surface area (Å²) in [5, 5.41) is 0. The smallest absolute Gasteiger partial charge is 0.236 e. The molecule has 0 aromatic carbocycles.